The summed E-state index contributed by atoms with van der Waals surface area (Å²) >= 11 is 0. The molecule has 0 amide bonds. The van der Waals surface area contributed by atoms with Crippen molar-refractivity contribution < 1.29 is 9.84 Å². The first kappa shape index (κ1) is 7.62. The van der Waals surface area contributed by atoms with Gasteiger partial charge in [0.25, 0.3) is 0 Å². The van der Waals surface area contributed by atoms with Gasteiger partial charge in [0.05, 0.1) is 12.7 Å². The van der Waals surface area contributed by atoms with Crippen LogP contribution in [0.2, 0.25) is 0 Å². The van der Waals surface area contributed by atoms with Crippen LogP contribution in [0.1, 0.15) is 18.4 Å². The van der Waals surface area contributed by atoms with Gasteiger partial charge in [-0.25, -0.2) is 0 Å². The van der Waals surface area contributed by atoms with E-state index >= 15 is 0 Å². The van der Waals surface area contributed by atoms with Gasteiger partial charge < -0.3 is 9.84 Å². The number of para-hydroxylation sites is 1. The Morgan fingerprint density at radius 2 is 2.08 bits per heavy atom. The summed E-state index contributed by atoms with van der Waals surface area (Å²) in [5.41, 5.74) is 0.879. The van der Waals surface area contributed by atoms with Crippen molar-refractivity contribution in [2.45, 2.75) is 25.6 Å². The lowest BCUT2D eigenvalue weighted by atomic mass is 10.2. The Balaban J connectivity index is 2.15. The SMILES string of the molecule is OCc1ccccc1OC1CC1. The van der Waals surface area contributed by atoms with Gasteiger partial charge in [-0.05, 0) is 18.9 Å². The molecule has 1 N–H and O–H groups in total. The summed E-state index contributed by atoms with van der Waals surface area (Å²) in [5.74, 6) is 0.836. The molecule has 64 valence electrons. The largest absolute Gasteiger partial charge is 0.490 e. The molecular formula is C10H12O2. The lowest BCUT2D eigenvalue weighted by Crippen LogP contribution is -1.99. The fourth-order valence-electron chi connectivity index (χ4n) is 1.11. The third-order valence-electron chi connectivity index (χ3n) is 1.96. The Kier molecular flexibility index (Phi) is 2.00. The summed E-state index contributed by atoms with van der Waals surface area (Å²) in [6, 6.07) is 7.63. The van der Waals surface area contributed by atoms with Crippen LogP contribution in [0.4, 0.5) is 0 Å². The first-order chi connectivity index (χ1) is 5.90. The Hall–Kier alpha value is -1.02. The van der Waals surface area contributed by atoms with Gasteiger partial charge in [-0.1, -0.05) is 18.2 Å². The zero-order valence-corrected chi connectivity index (χ0v) is 6.86. The van der Waals surface area contributed by atoms with Crippen molar-refractivity contribution in [1.82, 2.24) is 0 Å². The molecule has 1 aromatic rings. The summed E-state index contributed by atoms with van der Waals surface area (Å²) in [4.78, 5) is 0. The van der Waals surface area contributed by atoms with E-state index in [2.05, 4.69) is 0 Å². The first-order valence-corrected chi connectivity index (χ1v) is 4.25. The van der Waals surface area contributed by atoms with Crippen molar-refractivity contribution in [2.24, 2.45) is 0 Å². The summed E-state index contributed by atoms with van der Waals surface area (Å²) in [5, 5.41) is 8.97. The standard InChI is InChI=1S/C10H12O2/c11-7-8-3-1-2-4-10(8)12-9-5-6-9/h1-4,9,11H,5-7H2. The van der Waals surface area contributed by atoms with Gasteiger partial charge in [0, 0.05) is 5.56 Å². The van der Waals surface area contributed by atoms with Crippen molar-refractivity contribution in [3.8, 4) is 5.75 Å². The van der Waals surface area contributed by atoms with E-state index in [1.54, 1.807) is 0 Å². The molecule has 0 aliphatic heterocycles. The summed E-state index contributed by atoms with van der Waals surface area (Å²) in [6.07, 6.45) is 2.71. The molecule has 12 heavy (non-hydrogen) atoms. The van der Waals surface area contributed by atoms with E-state index in [0.29, 0.717) is 6.10 Å². The molecule has 1 aliphatic rings. The van der Waals surface area contributed by atoms with E-state index < -0.39 is 0 Å². The molecule has 1 aromatic carbocycles. The van der Waals surface area contributed by atoms with Crippen molar-refractivity contribution in [3.05, 3.63) is 29.8 Å². The predicted octanol–water partition coefficient (Wildman–Crippen LogP) is 1.72. The van der Waals surface area contributed by atoms with Gasteiger partial charge in [0.1, 0.15) is 5.75 Å². The van der Waals surface area contributed by atoms with Crippen LogP contribution < -0.4 is 4.74 Å². The molecule has 0 unspecified atom stereocenters. The quantitative estimate of drug-likeness (QED) is 0.737. The summed E-state index contributed by atoms with van der Waals surface area (Å²) < 4.78 is 5.59. The van der Waals surface area contributed by atoms with E-state index in [1.165, 1.54) is 0 Å². The highest BCUT2D eigenvalue weighted by Gasteiger charge is 2.24. The number of ether oxygens (including phenoxy) is 1. The molecule has 0 atom stereocenters. The minimum atomic E-state index is 0.0584. The Morgan fingerprint density at radius 3 is 2.75 bits per heavy atom. The lowest BCUT2D eigenvalue weighted by Gasteiger charge is -2.07. The van der Waals surface area contributed by atoms with Crippen molar-refractivity contribution >= 4 is 0 Å². The number of aliphatic hydroxyl groups is 1. The average Bonchev–Trinajstić information content (AvgIpc) is 2.89. The maximum absolute atomic E-state index is 8.97. The van der Waals surface area contributed by atoms with Crippen molar-refractivity contribution in [1.29, 1.82) is 0 Å². The molecule has 1 fully saturated rings. The first-order valence-electron chi connectivity index (χ1n) is 4.25. The van der Waals surface area contributed by atoms with Crippen LogP contribution in [0, 0.1) is 0 Å². The molecule has 0 aromatic heterocycles. The number of hydrogen-bond acceptors (Lipinski definition) is 2. The second-order valence-electron chi connectivity index (χ2n) is 3.08. The molecule has 1 saturated carbocycles. The highest BCUT2D eigenvalue weighted by atomic mass is 16.5. The average molecular weight is 164 g/mol. The lowest BCUT2D eigenvalue weighted by molar-refractivity contribution is 0.258. The molecule has 2 rings (SSSR count). The smallest absolute Gasteiger partial charge is 0.125 e. The van der Waals surface area contributed by atoms with Crippen LogP contribution in [-0.4, -0.2) is 11.2 Å². The normalized spacial score (nSPS) is 16.1. The van der Waals surface area contributed by atoms with E-state index in [0.717, 1.165) is 24.2 Å². The number of benzene rings is 1. The van der Waals surface area contributed by atoms with Crippen LogP contribution in [0.3, 0.4) is 0 Å². The van der Waals surface area contributed by atoms with Crippen LogP contribution in [-0.2, 0) is 6.61 Å². The molecule has 0 radical (unpaired) electrons. The summed E-state index contributed by atoms with van der Waals surface area (Å²) in [6.45, 7) is 0.0584. The molecule has 2 nitrogen and oxygen atoms in total. The van der Waals surface area contributed by atoms with Crippen molar-refractivity contribution in [3.63, 3.8) is 0 Å². The van der Waals surface area contributed by atoms with Gasteiger partial charge in [-0.15, -0.1) is 0 Å². The van der Waals surface area contributed by atoms with Gasteiger partial charge in [-0.3, -0.25) is 0 Å². The molecule has 0 bridgehead atoms. The number of aliphatic hydroxyl groups excluding tert-OH is 1. The molecule has 0 heterocycles. The second-order valence-corrected chi connectivity index (χ2v) is 3.08. The van der Waals surface area contributed by atoms with Crippen LogP contribution in [0.5, 0.6) is 5.75 Å². The maximum Gasteiger partial charge on any atom is 0.125 e. The minimum absolute atomic E-state index is 0.0584. The predicted molar refractivity (Wildman–Crippen MR) is 46.0 cm³/mol. The number of hydrogen-bond donors (Lipinski definition) is 1. The summed E-state index contributed by atoms with van der Waals surface area (Å²) in [7, 11) is 0. The van der Waals surface area contributed by atoms with Gasteiger partial charge >= 0.3 is 0 Å². The van der Waals surface area contributed by atoms with Crippen LogP contribution in [0.25, 0.3) is 0 Å². The number of rotatable bonds is 3. The van der Waals surface area contributed by atoms with Gasteiger partial charge in [-0.2, -0.15) is 0 Å². The third kappa shape index (κ3) is 1.59. The Morgan fingerprint density at radius 1 is 1.33 bits per heavy atom. The molecule has 1 aliphatic carbocycles. The van der Waals surface area contributed by atoms with Crippen molar-refractivity contribution in [2.75, 3.05) is 0 Å². The molecule has 0 saturated heterocycles. The molecular weight excluding hydrogens is 152 g/mol. The fourth-order valence-corrected chi connectivity index (χ4v) is 1.11. The highest BCUT2D eigenvalue weighted by molar-refractivity contribution is 5.33. The van der Waals surface area contributed by atoms with Crippen LogP contribution >= 0.6 is 0 Å². The third-order valence-corrected chi connectivity index (χ3v) is 1.96. The topological polar surface area (TPSA) is 29.5 Å². The zero-order valence-electron chi connectivity index (χ0n) is 6.86. The van der Waals surface area contributed by atoms with E-state index in [4.69, 9.17) is 9.84 Å². The monoisotopic (exact) mass is 164 g/mol. The zero-order chi connectivity index (χ0) is 8.39. The van der Waals surface area contributed by atoms with E-state index in [9.17, 15) is 0 Å². The molecule has 0 spiro atoms. The highest BCUT2D eigenvalue weighted by Crippen LogP contribution is 2.28. The van der Waals surface area contributed by atoms with E-state index in [-0.39, 0.29) is 6.61 Å². The maximum atomic E-state index is 8.97. The Bertz CT molecular complexity index is 266. The Labute approximate surface area is 71.8 Å². The fraction of sp³-hybridized carbons (Fsp3) is 0.400. The minimum Gasteiger partial charge on any atom is -0.490 e. The second kappa shape index (κ2) is 3.15. The molecule has 2 heteroatoms. The van der Waals surface area contributed by atoms with Crippen LogP contribution in [0.15, 0.2) is 24.3 Å². The van der Waals surface area contributed by atoms with E-state index in [1.807, 2.05) is 24.3 Å². The van der Waals surface area contributed by atoms with Gasteiger partial charge in [0.15, 0.2) is 0 Å². The van der Waals surface area contributed by atoms with Gasteiger partial charge in [0.2, 0.25) is 0 Å².